The molecule has 0 fully saturated rings. The number of esters is 1. The van der Waals surface area contributed by atoms with E-state index >= 15 is 0 Å². The average Bonchev–Trinajstić information content (AvgIpc) is 3.46. The second kappa shape index (κ2) is 12.4. The van der Waals surface area contributed by atoms with E-state index in [1.54, 1.807) is 0 Å². The number of aliphatic hydroxyl groups is 1. The summed E-state index contributed by atoms with van der Waals surface area (Å²) in [5, 5.41) is 12.4. The van der Waals surface area contributed by atoms with Crippen LogP contribution in [0.1, 0.15) is 28.8 Å². The highest BCUT2D eigenvalue weighted by atomic mass is 79.9. The number of halogens is 2. The predicted molar refractivity (Wildman–Crippen MR) is 133 cm³/mol. The lowest BCUT2D eigenvalue weighted by molar-refractivity contribution is -0.694. The Hall–Kier alpha value is -2.26. The minimum atomic E-state index is -1.28. The van der Waals surface area contributed by atoms with Gasteiger partial charge in [-0.1, -0.05) is 58.4 Å². The summed E-state index contributed by atoms with van der Waals surface area (Å²) in [5.41, 5.74) is 3.07. The summed E-state index contributed by atoms with van der Waals surface area (Å²) in [6, 6.07) is 20.0. The normalized spacial score (nSPS) is 11.6. The van der Waals surface area contributed by atoms with Gasteiger partial charge >= 0.3 is 5.97 Å². The fraction of sp³-hybridized carbons (Fsp3) is 0.231. The van der Waals surface area contributed by atoms with Crippen LogP contribution in [0.3, 0.4) is 0 Å². The first-order chi connectivity index (χ1) is 16.0. The third-order valence-corrected chi connectivity index (χ3v) is 7.06. The summed E-state index contributed by atoms with van der Waals surface area (Å²) in [4.78, 5) is 13.1. The van der Waals surface area contributed by atoms with Crippen LogP contribution in [0.25, 0.3) is 11.1 Å². The van der Waals surface area contributed by atoms with Gasteiger partial charge in [0.2, 0.25) is 0 Å². The molecule has 2 aromatic heterocycles. The minimum Gasteiger partial charge on any atom is -1.00 e. The molecule has 4 aromatic rings. The second-order valence-corrected chi connectivity index (χ2v) is 9.64. The first-order valence-electron chi connectivity index (χ1n) is 10.8. The number of hydrogen-bond donors (Lipinski definition) is 1. The standard InChI is InChI=1S/C26H26BrN2O3S.BrH/c1-19-28(14-15-29(19)18-20-8-10-22(27)11-9-20)13-5-16-32-26(31)24(30)25-23(12-17-33-25)21-6-3-2-4-7-21;/h2-4,6-12,14-15,17,24,30H,5,13,16,18H2,1H3;1H/q+1;/p-1. The molecule has 0 aliphatic heterocycles. The number of imidazole rings is 1. The molecule has 2 aromatic carbocycles. The van der Waals surface area contributed by atoms with Crippen LogP contribution in [0, 0.1) is 6.92 Å². The fourth-order valence-electron chi connectivity index (χ4n) is 3.71. The zero-order valence-electron chi connectivity index (χ0n) is 18.7. The van der Waals surface area contributed by atoms with Gasteiger partial charge in [-0.15, -0.1) is 11.3 Å². The quantitative estimate of drug-likeness (QED) is 0.181. The molecule has 0 bridgehead atoms. The van der Waals surface area contributed by atoms with Crippen molar-refractivity contribution in [1.29, 1.82) is 0 Å². The first kappa shape index (κ1) is 26.3. The first-order valence-corrected chi connectivity index (χ1v) is 12.5. The Labute approximate surface area is 222 Å². The van der Waals surface area contributed by atoms with Gasteiger partial charge in [-0.05, 0) is 40.3 Å². The molecule has 0 amide bonds. The van der Waals surface area contributed by atoms with Crippen LogP contribution >= 0.6 is 27.3 Å². The topological polar surface area (TPSA) is 55.3 Å². The molecule has 8 heteroatoms. The van der Waals surface area contributed by atoms with Crippen molar-refractivity contribution in [2.75, 3.05) is 6.61 Å². The van der Waals surface area contributed by atoms with E-state index in [1.807, 2.05) is 60.1 Å². The van der Waals surface area contributed by atoms with Crippen LogP contribution in [0.5, 0.6) is 0 Å². The van der Waals surface area contributed by atoms with Gasteiger partial charge < -0.3 is 26.8 Å². The van der Waals surface area contributed by atoms with Crippen LogP contribution in [-0.2, 0) is 22.6 Å². The fourth-order valence-corrected chi connectivity index (χ4v) is 4.87. The van der Waals surface area contributed by atoms with Crippen molar-refractivity contribution in [2.45, 2.75) is 32.5 Å². The predicted octanol–water partition coefficient (Wildman–Crippen LogP) is 2.29. The van der Waals surface area contributed by atoms with Gasteiger partial charge in [-0.2, -0.15) is 0 Å². The van der Waals surface area contributed by atoms with Crippen molar-refractivity contribution in [1.82, 2.24) is 4.57 Å². The number of carbonyl (C=O) groups is 1. The highest BCUT2D eigenvalue weighted by molar-refractivity contribution is 9.10. The maximum Gasteiger partial charge on any atom is 0.340 e. The molecule has 4 rings (SSSR count). The van der Waals surface area contributed by atoms with E-state index in [0.29, 0.717) is 11.3 Å². The Morgan fingerprint density at radius 1 is 1.15 bits per heavy atom. The maximum atomic E-state index is 12.5. The van der Waals surface area contributed by atoms with Gasteiger partial charge in [0.05, 0.1) is 18.0 Å². The van der Waals surface area contributed by atoms with Crippen LogP contribution < -0.4 is 21.5 Å². The zero-order valence-corrected chi connectivity index (χ0v) is 22.7. The summed E-state index contributed by atoms with van der Waals surface area (Å²) in [6.45, 7) is 3.87. The number of carbonyl (C=O) groups excluding carboxylic acids is 1. The van der Waals surface area contributed by atoms with Gasteiger partial charge in [0.15, 0.2) is 6.10 Å². The Morgan fingerprint density at radius 3 is 2.62 bits per heavy atom. The molecular weight excluding hydrogens is 580 g/mol. The highest BCUT2D eigenvalue weighted by Crippen LogP contribution is 2.33. The number of aryl methyl sites for hydroxylation is 1. The Balaban J connectivity index is 0.00000324. The van der Waals surface area contributed by atoms with Crippen molar-refractivity contribution in [3.05, 3.63) is 99.2 Å². The van der Waals surface area contributed by atoms with E-state index in [2.05, 4.69) is 50.3 Å². The van der Waals surface area contributed by atoms with Crippen LogP contribution in [-0.4, -0.2) is 22.2 Å². The second-order valence-electron chi connectivity index (χ2n) is 7.78. The molecule has 2 heterocycles. The third-order valence-electron chi connectivity index (χ3n) is 5.56. The van der Waals surface area contributed by atoms with Gasteiger partial charge in [-0.25, -0.2) is 13.9 Å². The molecule has 1 N–H and O–H groups in total. The Bertz CT molecular complexity index is 1210. The molecule has 178 valence electrons. The molecular formula is C26H26Br2N2O3S. The largest absolute Gasteiger partial charge is 1.00 e. The van der Waals surface area contributed by atoms with E-state index in [1.165, 1.54) is 16.9 Å². The Morgan fingerprint density at radius 2 is 1.88 bits per heavy atom. The molecule has 5 nitrogen and oxygen atoms in total. The molecule has 0 saturated carbocycles. The van der Waals surface area contributed by atoms with E-state index in [9.17, 15) is 9.90 Å². The summed E-state index contributed by atoms with van der Waals surface area (Å²) in [5.74, 6) is 0.527. The van der Waals surface area contributed by atoms with Crippen LogP contribution in [0.4, 0.5) is 0 Å². The molecule has 0 radical (unpaired) electrons. The molecule has 0 spiro atoms. The SMILES string of the molecule is Cc1n(CCCOC(=O)C(O)c2sccc2-c2ccccc2)cc[n+]1Cc1ccc(Br)cc1.[Br-]. The Kier molecular flexibility index (Phi) is 9.64. The van der Waals surface area contributed by atoms with Crippen molar-refractivity contribution >= 4 is 33.2 Å². The number of nitrogens with zero attached hydrogens (tertiary/aromatic N) is 2. The van der Waals surface area contributed by atoms with Crippen molar-refractivity contribution < 1.29 is 36.2 Å². The van der Waals surface area contributed by atoms with Crippen molar-refractivity contribution in [2.24, 2.45) is 0 Å². The van der Waals surface area contributed by atoms with Crippen molar-refractivity contribution in [3.8, 4) is 11.1 Å². The van der Waals surface area contributed by atoms with Crippen molar-refractivity contribution in [3.63, 3.8) is 0 Å². The lowest BCUT2D eigenvalue weighted by Gasteiger charge is -2.11. The maximum absolute atomic E-state index is 12.5. The van der Waals surface area contributed by atoms with Gasteiger partial charge in [0.1, 0.15) is 18.9 Å². The summed E-state index contributed by atoms with van der Waals surface area (Å²) in [6.07, 6.45) is 3.50. The van der Waals surface area contributed by atoms with Gasteiger partial charge in [0, 0.05) is 17.8 Å². The average molecular weight is 606 g/mol. The molecule has 0 aliphatic rings. The highest BCUT2D eigenvalue weighted by Gasteiger charge is 2.24. The number of ether oxygens (including phenoxy) is 1. The third kappa shape index (κ3) is 6.44. The van der Waals surface area contributed by atoms with E-state index in [0.717, 1.165) is 34.5 Å². The summed E-state index contributed by atoms with van der Waals surface area (Å²) in [7, 11) is 0. The summed E-state index contributed by atoms with van der Waals surface area (Å²) < 4.78 is 10.8. The lowest BCUT2D eigenvalue weighted by Crippen LogP contribution is -3.00. The lowest BCUT2D eigenvalue weighted by atomic mass is 10.0. The van der Waals surface area contributed by atoms with Gasteiger partial charge in [-0.3, -0.25) is 0 Å². The van der Waals surface area contributed by atoms with Crippen LogP contribution in [0.15, 0.2) is 82.9 Å². The van der Waals surface area contributed by atoms with E-state index < -0.39 is 12.1 Å². The molecule has 0 aliphatic carbocycles. The minimum absolute atomic E-state index is 0. The smallest absolute Gasteiger partial charge is 0.340 e. The molecule has 34 heavy (non-hydrogen) atoms. The number of benzene rings is 2. The number of thiophene rings is 1. The van der Waals surface area contributed by atoms with E-state index in [-0.39, 0.29) is 23.6 Å². The zero-order chi connectivity index (χ0) is 23.2. The molecule has 0 saturated heterocycles. The monoisotopic (exact) mass is 604 g/mol. The number of hydrogen-bond acceptors (Lipinski definition) is 4. The van der Waals surface area contributed by atoms with E-state index in [4.69, 9.17) is 4.74 Å². The number of aliphatic hydroxyl groups excluding tert-OH is 1. The van der Waals surface area contributed by atoms with Gasteiger partial charge in [0.25, 0.3) is 5.82 Å². The number of aromatic nitrogens is 2. The number of rotatable bonds is 9. The molecule has 1 unspecified atom stereocenters. The summed E-state index contributed by atoms with van der Waals surface area (Å²) >= 11 is 4.83. The molecule has 1 atom stereocenters. The van der Waals surface area contributed by atoms with Crippen LogP contribution in [0.2, 0.25) is 0 Å².